The van der Waals surface area contributed by atoms with Crippen LogP contribution in [0.1, 0.15) is 89.6 Å². The number of aromatic amines is 1. The molecule has 3 N–H and O–H groups in total. The molecule has 334 valence electrons. The van der Waals surface area contributed by atoms with Crippen molar-refractivity contribution < 1.29 is 23.9 Å². The van der Waals surface area contributed by atoms with Crippen molar-refractivity contribution in [2.75, 3.05) is 44.8 Å². The minimum Gasteiger partial charge on any atom is -0.488 e. The van der Waals surface area contributed by atoms with Gasteiger partial charge in [0.2, 0.25) is 0 Å². The number of Topliss-reactive ketones (excluding diaryl/α,β-unsaturated/α-hetero) is 1. The minimum atomic E-state index is -0.633. The number of rotatable bonds is 22. The lowest BCUT2D eigenvalue weighted by atomic mass is 10.0. The number of hydrogen-bond donors (Lipinski definition) is 2. The molecule has 12 heteroatoms. The van der Waals surface area contributed by atoms with E-state index in [1.54, 1.807) is 18.2 Å². The number of ketones is 1. The van der Waals surface area contributed by atoms with Crippen molar-refractivity contribution >= 4 is 28.8 Å². The van der Waals surface area contributed by atoms with E-state index in [4.69, 9.17) is 15.2 Å². The third-order valence-electron chi connectivity index (χ3n) is 12.1. The number of nitrogens with zero attached hydrogens (tertiary/aromatic N) is 4. The Labute approximate surface area is 375 Å². The first kappa shape index (κ1) is 45.5. The predicted octanol–water partition coefficient (Wildman–Crippen LogP) is 8.96. The van der Waals surface area contributed by atoms with Gasteiger partial charge in [-0.2, -0.15) is 4.68 Å². The molecule has 0 atom stereocenters. The molecule has 1 aliphatic rings. The van der Waals surface area contributed by atoms with Gasteiger partial charge in [0, 0.05) is 30.8 Å². The number of hydrogen-bond acceptors (Lipinski definition) is 8. The molecule has 1 saturated heterocycles. The van der Waals surface area contributed by atoms with Gasteiger partial charge in [-0.3, -0.25) is 9.69 Å². The van der Waals surface area contributed by atoms with E-state index in [1.165, 1.54) is 23.2 Å². The zero-order chi connectivity index (χ0) is 44.7. The van der Waals surface area contributed by atoms with E-state index >= 15 is 0 Å². The maximum atomic E-state index is 13.7. The van der Waals surface area contributed by atoms with Gasteiger partial charge in [0.25, 0.3) is 0 Å². The number of nitrogens with one attached hydrogen (secondary N) is 1. The zero-order valence-corrected chi connectivity index (χ0v) is 36.8. The number of unbranched alkanes of at least 4 members (excludes halogenated alkanes) is 6. The third-order valence-corrected chi connectivity index (χ3v) is 12.1. The number of esters is 1. The Morgan fingerprint density at radius 2 is 1.39 bits per heavy atom. The Kier molecular flexibility index (Phi) is 16.2. The maximum Gasteiger partial charge on any atom is 0.345 e. The molecule has 64 heavy (non-hydrogen) atoms. The molecule has 0 aliphatic carbocycles. The summed E-state index contributed by atoms with van der Waals surface area (Å²) in [6.45, 7) is 4.64. The summed E-state index contributed by atoms with van der Waals surface area (Å²) in [7, 11) is 1.33. The van der Waals surface area contributed by atoms with E-state index in [0.29, 0.717) is 35.5 Å². The highest BCUT2D eigenvalue weighted by atomic mass is 16.5. The number of aromatic nitrogens is 2. The monoisotopic (exact) mass is 864 g/mol. The Bertz CT molecular complexity index is 2500. The first-order valence-electron chi connectivity index (χ1n) is 22.6. The van der Waals surface area contributed by atoms with Crippen LogP contribution in [0.3, 0.4) is 0 Å². The Morgan fingerprint density at radius 1 is 0.750 bits per heavy atom. The number of fused-ring (bicyclic) bond motifs is 1. The van der Waals surface area contributed by atoms with Gasteiger partial charge in [0.15, 0.2) is 5.78 Å². The molecule has 0 radical (unpaired) electrons. The van der Waals surface area contributed by atoms with Gasteiger partial charge < -0.3 is 25.1 Å². The number of urea groups is 1. The lowest BCUT2D eigenvalue weighted by Gasteiger charge is -2.37. The molecule has 1 aromatic heterocycles. The van der Waals surface area contributed by atoms with Crippen LogP contribution in [0.15, 0.2) is 132 Å². The quantitative estimate of drug-likeness (QED) is 0.0391. The lowest BCUT2D eigenvalue weighted by Crippen LogP contribution is -2.57. The number of H-pyrrole nitrogens is 1. The first-order valence-corrected chi connectivity index (χ1v) is 22.6. The van der Waals surface area contributed by atoms with Gasteiger partial charge in [-0.25, -0.2) is 19.4 Å². The summed E-state index contributed by atoms with van der Waals surface area (Å²) >= 11 is 0. The second kappa shape index (κ2) is 22.7. The molecule has 5 aromatic carbocycles. The smallest absolute Gasteiger partial charge is 0.345 e. The summed E-state index contributed by atoms with van der Waals surface area (Å²) in [6.07, 6.45) is 9.25. The van der Waals surface area contributed by atoms with Gasteiger partial charge in [0.1, 0.15) is 17.9 Å². The van der Waals surface area contributed by atoms with Crippen LogP contribution in [0.25, 0.3) is 22.2 Å². The molecule has 2 amide bonds. The van der Waals surface area contributed by atoms with Crippen molar-refractivity contribution in [3.05, 3.63) is 160 Å². The topological polar surface area (TPSA) is 143 Å². The minimum absolute atomic E-state index is 0.0625. The molecule has 12 nitrogen and oxygen atoms in total. The molecule has 0 spiro atoms. The number of imidazole rings is 1. The highest BCUT2D eigenvalue weighted by Crippen LogP contribution is 2.28. The number of primary amides is 1. The van der Waals surface area contributed by atoms with Crippen molar-refractivity contribution in [3.8, 4) is 16.9 Å². The Morgan fingerprint density at radius 3 is 2.06 bits per heavy atom. The van der Waals surface area contributed by atoms with Crippen LogP contribution < -0.4 is 21.2 Å². The summed E-state index contributed by atoms with van der Waals surface area (Å²) in [5, 5.41) is 1.45. The number of ether oxygens (including phenoxy) is 2. The molecule has 0 saturated carbocycles. The fourth-order valence-electron chi connectivity index (χ4n) is 8.76. The SMILES string of the molecule is COC(=O)c1cc(C(=O)CN(CCCCCCCCCN2CCC(N(C(N)=O)n3c(=O)[nH]c4c(-c5ccccc5)cccc43)CC2)Cc2ccccc2)ccc1OCc1ccccc1. The van der Waals surface area contributed by atoms with E-state index in [1.807, 2.05) is 97.1 Å². The average Bonchev–Trinajstić information content (AvgIpc) is 3.66. The largest absolute Gasteiger partial charge is 0.488 e. The van der Waals surface area contributed by atoms with Crippen LogP contribution in [-0.4, -0.2) is 83.1 Å². The molecule has 1 fully saturated rings. The van der Waals surface area contributed by atoms with Crippen LogP contribution in [0.5, 0.6) is 5.75 Å². The van der Waals surface area contributed by atoms with E-state index < -0.39 is 12.0 Å². The summed E-state index contributed by atoms with van der Waals surface area (Å²) in [5.74, 6) is -0.233. The maximum absolute atomic E-state index is 13.7. The first-order chi connectivity index (χ1) is 31.3. The number of benzene rings is 5. The number of carbonyl (C=O) groups is 3. The summed E-state index contributed by atoms with van der Waals surface area (Å²) in [5.41, 5.74) is 11.6. The number of likely N-dealkylation sites (tertiary alicyclic amines) is 1. The normalized spacial score (nSPS) is 13.3. The molecular formula is C52H60N6O6. The third kappa shape index (κ3) is 11.9. The van der Waals surface area contributed by atoms with Crippen LogP contribution in [0.2, 0.25) is 0 Å². The van der Waals surface area contributed by atoms with Crippen LogP contribution in [0, 0.1) is 0 Å². The standard InChI is InChI=1S/C52H60N6O6/c1-63-50(60)45-35-42(27-28-48(45)64-38-40-21-12-8-13-22-40)47(59)37-56(36-39-19-10-7-11-20-39)32-17-6-4-2-3-5-16-31-55-33-29-43(30-34-55)57(51(53)61)58-46-26-18-25-44(49(46)54-52(58)62)41-23-14-9-15-24-41/h7-15,18-28,35,43H,2-6,16-17,29-34,36-38H2,1H3,(H2,53,61)(H,54,62). The fourth-order valence-corrected chi connectivity index (χ4v) is 8.76. The number of methoxy groups -OCH3 is 1. The molecule has 6 aromatic rings. The summed E-state index contributed by atoms with van der Waals surface area (Å²) in [4.78, 5) is 60.3. The molecule has 7 rings (SSSR count). The number of carbonyl (C=O) groups excluding carboxylic acids is 3. The van der Waals surface area contributed by atoms with Crippen molar-refractivity contribution in [2.45, 2.75) is 77.0 Å². The van der Waals surface area contributed by atoms with Gasteiger partial charge in [-0.1, -0.05) is 135 Å². The number of amides is 2. The van der Waals surface area contributed by atoms with Crippen molar-refractivity contribution in [1.29, 1.82) is 0 Å². The van der Waals surface area contributed by atoms with E-state index in [0.717, 1.165) is 99.8 Å². The van der Waals surface area contributed by atoms with Crippen molar-refractivity contribution in [2.24, 2.45) is 5.73 Å². The second-order valence-electron chi connectivity index (χ2n) is 16.6. The molecular weight excluding hydrogens is 805 g/mol. The van der Waals surface area contributed by atoms with E-state index in [9.17, 15) is 19.2 Å². The number of para-hydroxylation sites is 1. The average molecular weight is 865 g/mol. The molecule has 1 aliphatic heterocycles. The fraction of sp³-hybridized carbons (Fsp3) is 0.346. The molecule has 2 heterocycles. The van der Waals surface area contributed by atoms with Gasteiger partial charge >= 0.3 is 17.7 Å². The predicted molar refractivity (Wildman–Crippen MR) is 252 cm³/mol. The second-order valence-corrected chi connectivity index (χ2v) is 16.6. The Balaban J connectivity index is 0.837. The van der Waals surface area contributed by atoms with Gasteiger partial charge in [-0.05, 0) is 79.7 Å². The van der Waals surface area contributed by atoms with Crippen molar-refractivity contribution in [1.82, 2.24) is 19.5 Å². The summed E-state index contributed by atoms with van der Waals surface area (Å²) in [6, 6.07) is 39.7. The Hall–Kier alpha value is -6.50. The van der Waals surface area contributed by atoms with Gasteiger partial charge in [-0.15, -0.1) is 0 Å². The lowest BCUT2D eigenvalue weighted by molar-refractivity contribution is 0.0595. The van der Waals surface area contributed by atoms with Crippen molar-refractivity contribution in [3.63, 3.8) is 0 Å². The number of nitrogens with two attached hydrogens (primary N) is 1. The van der Waals surface area contributed by atoms with Gasteiger partial charge in [0.05, 0.1) is 30.7 Å². The summed E-state index contributed by atoms with van der Waals surface area (Å²) < 4.78 is 12.5. The highest BCUT2D eigenvalue weighted by molar-refractivity contribution is 6.01. The van der Waals surface area contributed by atoms with Crippen LogP contribution in [-0.2, 0) is 17.9 Å². The van der Waals surface area contributed by atoms with E-state index in [2.05, 4.69) is 26.9 Å². The van der Waals surface area contributed by atoms with Crippen LogP contribution >= 0.6 is 0 Å². The molecule has 0 unspecified atom stereocenters. The number of piperidine rings is 1. The highest BCUT2D eigenvalue weighted by Gasteiger charge is 2.31. The van der Waals surface area contributed by atoms with E-state index in [-0.39, 0.29) is 29.6 Å². The van der Waals surface area contributed by atoms with Crippen LogP contribution in [0.4, 0.5) is 4.79 Å². The molecule has 0 bridgehead atoms. The zero-order valence-electron chi connectivity index (χ0n) is 36.8.